The number of ether oxygens (including phenoxy) is 1. The molecule has 7 heteroatoms. The van der Waals surface area contributed by atoms with E-state index in [1.165, 1.54) is 12.1 Å². The van der Waals surface area contributed by atoms with Gasteiger partial charge in [0.15, 0.2) is 0 Å². The van der Waals surface area contributed by atoms with Crippen LogP contribution in [-0.4, -0.2) is 34.8 Å². The molecule has 0 atom stereocenters. The molecular weight excluding hydrogens is 277 g/mol. The topological polar surface area (TPSA) is 54.5 Å². The van der Waals surface area contributed by atoms with Crippen LogP contribution in [0.5, 0.6) is 0 Å². The number of rotatable bonds is 1. The van der Waals surface area contributed by atoms with E-state index in [1.807, 2.05) is 13.8 Å². The summed E-state index contributed by atoms with van der Waals surface area (Å²) in [4.78, 5) is 17.5. The molecule has 2 heterocycles. The summed E-state index contributed by atoms with van der Waals surface area (Å²) in [6, 6.07) is 2.82. The molecule has 1 aliphatic heterocycles. The fourth-order valence-corrected chi connectivity index (χ4v) is 2.16. The molecular formula is C11H13Cl2N3O2. The number of hydrogen-bond donors (Lipinski definition) is 1. The number of carbonyl (C=O) groups excluding carboxylic acids is 1. The second kappa shape index (κ2) is 4.91. The van der Waals surface area contributed by atoms with Crippen molar-refractivity contribution in [2.75, 3.05) is 18.7 Å². The molecule has 2 amide bonds. The van der Waals surface area contributed by atoms with Gasteiger partial charge in [-0.1, -0.05) is 23.2 Å². The summed E-state index contributed by atoms with van der Waals surface area (Å²) in [5.74, 6) is 0. The molecule has 1 aromatic heterocycles. The molecule has 1 fully saturated rings. The number of hydrogen-bond acceptors (Lipinski definition) is 3. The maximum absolute atomic E-state index is 12.1. The predicted octanol–water partition coefficient (Wildman–Crippen LogP) is 2.99. The van der Waals surface area contributed by atoms with Crippen LogP contribution < -0.4 is 5.32 Å². The highest BCUT2D eigenvalue weighted by molar-refractivity contribution is 6.32. The molecule has 1 aromatic rings. The number of amides is 2. The van der Waals surface area contributed by atoms with Crippen molar-refractivity contribution in [3.63, 3.8) is 0 Å². The highest BCUT2D eigenvalue weighted by atomic mass is 35.5. The Morgan fingerprint density at radius 1 is 1.44 bits per heavy atom. The maximum atomic E-state index is 12.1. The average molecular weight is 290 g/mol. The number of nitrogens with one attached hydrogen (secondary N) is 1. The van der Waals surface area contributed by atoms with Gasteiger partial charge in [-0.15, -0.1) is 0 Å². The van der Waals surface area contributed by atoms with Gasteiger partial charge in [0.2, 0.25) is 0 Å². The Labute approximate surface area is 115 Å². The van der Waals surface area contributed by atoms with Crippen molar-refractivity contribution >= 4 is 34.9 Å². The van der Waals surface area contributed by atoms with Gasteiger partial charge < -0.3 is 10.1 Å². The zero-order valence-electron chi connectivity index (χ0n) is 10.0. The van der Waals surface area contributed by atoms with Crippen molar-refractivity contribution in [2.45, 2.75) is 19.4 Å². The number of nitrogens with zero attached hydrogens (tertiary/aromatic N) is 2. The maximum Gasteiger partial charge on any atom is 0.324 e. The van der Waals surface area contributed by atoms with Crippen LogP contribution in [0.3, 0.4) is 0 Å². The molecule has 0 spiro atoms. The van der Waals surface area contributed by atoms with Crippen LogP contribution in [0.4, 0.5) is 10.5 Å². The van der Waals surface area contributed by atoms with Gasteiger partial charge in [-0.3, -0.25) is 4.90 Å². The molecule has 0 bridgehead atoms. The summed E-state index contributed by atoms with van der Waals surface area (Å²) in [7, 11) is 0. The van der Waals surface area contributed by atoms with Gasteiger partial charge in [0, 0.05) is 5.69 Å². The highest BCUT2D eigenvalue weighted by Crippen LogP contribution is 2.24. The van der Waals surface area contributed by atoms with E-state index in [1.54, 1.807) is 4.90 Å². The van der Waals surface area contributed by atoms with Gasteiger partial charge in [0.25, 0.3) is 0 Å². The summed E-state index contributed by atoms with van der Waals surface area (Å²) in [5.41, 5.74) is 0.178. The van der Waals surface area contributed by atoms with Crippen molar-refractivity contribution in [1.82, 2.24) is 9.88 Å². The number of halogens is 2. The van der Waals surface area contributed by atoms with Crippen molar-refractivity contribution in [3.8, 4) is 0 Å². The second-order valence-corrected chi connectivity index (χ2v) is 5.42. The van der Waals surface area contributed by atoms with E-state index in [9.17, 15) is 4.79 Å². The van der Waals surface area contributed by atoms with Crippen LogP contribution >= 0.6 is 23.2 Å². The lowest BCUT2D eigenvalue weighted by molar-refractivity contribution is 0.147. The van der Waals surface area contributed by atoms with Crippen molar-refractivity contribution in [3.05, 3.63) is 22.4 Å². The Hall–Kier alpha value is -1.04. The Morgan fingerprint density at radius 2 is 2.06 bits per heavy atom. The second-order valence-electron chi connectivity index (χ2n) is 4.65. The van der Waals surface area contributed by atoms with Crippen LogP contribution in [0.15, 0.2) is 12.1 Å². The van der Waals surface area contributed by atoms with Gasteiger partial charge in [0.05, 0.1) is 12.1 Å². The van der Waals surface area contributed by atoms with Crippen molar-refractivity contribution in [1.29, 1.82) is 0 Å². The minimum atomic E-state index is -0.329. The lowest BCUT2D eigenvalue weighted by Crippen LogP contribution is -2.46. The first-order valence-corrected chi connectivity index (χ1v) is 6.13. The Morgan fingerprint density at radius 3 is 2.56 bits per heavy atom. The van der Waals surface area contributed by atoms with Gasteiger partial charge in [-0.2, -0.15) is 0 Å². The third kappa shape index (κ3) is 2.85. The molecule has 1 N–H and O–H groups in total. The van der Waals surface area contributed by atoms with Crippen molar-refractivity contribution in [2.24, 2.45) is 0 Å². The quantitative estimate of drug-likeness (QED) is 0.809. The molecule has 0 radical (unpaired) electrons. The van der Waals surface area contributed by atoms with Crippen LogP contribution in [0.25, 0.3) is 0 Å². The number of aromatic nitrogens is 1. The standard InChI is InChI=1S/C11H13Cl2N3O2/c1-11(2)5-18-6-16(11)10(17)14-7-3-8(12)15-9(13)4-7/h3-4H,5-6H2,1-2H3,(H,14,15,17). The first kappa shape index (κ1) is 13.4. The summed E-state index contributed by atoms with van der Waals surface area (Å²) in [6.07, 6.45) is 0. The minimum absolute atomic E-state index is 0.231. The molecule has 0 saturated carbocycles. The Balaban J connectivity index is 2.12. The molecule has 0 aliphatic carbocycles. The summed E-state index contributed by atoms with van der Waals surface area (Å²) in [5, 5.41) is 3.18. The third-order valence-electron chi connectivity index (χ3n) is 2.67. The lowest BCUT2D eigenvalue weighted by Gasteiger charge is -2.29. The molecule has 0 unspecified atom stereocenters. The molecule has 5 nitrogen and oxygen atoms in total. The van der Waals surface area contributed by atoms with Crippen LogP contribution in [0, 0.1) is 0 Å². The molecule has 1 aliphatic rings. The monoisotopic (exact) mass is 289 g/mol. The van der Waals surface area contributed by atoms with Crippen molar-refractivity contribution < 1.29 is 9.53 Å². The summed E-state index contributed by atoms with van der Waals surface area (Å²) < 4.78 is 5.28. The van der Waals surface area contributed by atoms with E-state index >= 15 is 0 Å². The first-order valence-electron chi connectivity index (χ1n) is 5.38. The predicted molar refractivity (Wildman–Crippen MR) is 70.0 cm³/mol. The molecule has 98 valence electrons. The number of urea groups is 1. The average Bonchev–Trinajstić information content (AvgIpc) is 2.56. The molecule has 2 rings (SSSR count). The molecule has 0 aromatic carbocycles. The van der Waals surface area contributed by atoms with E-state index in [0.717, 1.165) is 0 Å². The van der Waals surface area contributed by atoms with E-state index in [4.69, 9.17) is 27.9 Å². The van der Waals surface area contributed by atoms with E-state index < -0.39 is 0 Å². The van der Waals surface area contributed by atoms with Crippen LogP contribution in [0.2, 0.25) is 10.3 Å². The van der Waals surface area contributed by atoms with Crippen LogP contribution in [-0.2, 0) is 4.74 Å². The zero-order chi connectivity index (χ0) is 13.3. The smallest absolute Gasteiger partial charge is 0.324 e. The number of carbonyl (C=O) groups is 1. The fourth-order valence-electron chi connectivity index (χ4n) is 1.70. The summed E-state index contributed by atoms with van der Waals surface area (Å²) >= 11 is 11.5. The third-order valence-corrected chi connectivity index (χ3v) is 3.05. The highest BCUT2D eigenvalue weighted by Gasteiger charge is 2.36. The zero-order valence-corrected chi connectivity index (χ0v) is 11.5. The number of anilines is 1. The Kier molecular flexibility index (Phi) is 3.66. The van der Waals surface area contributed by atoms with Gasteiger partial charge in [-0.25, -0.2) is 9.78 Å². The SMILES string of the molecule is CC1(C)COCN1C(=O)Nc1cc(Cl)nc(Cl)c1. The van der Waals surface area contributed by atoms with Gasteiger partial charge >= 0.3 is 6.03 Å². The van der Waals surface area contributed by atoms with E-state index in [0.29, 0.717) is 12.3 Å². The van der Waals surface area contributed by atoms with Crippen LogP contribution in [0.1, 0.15) is 13.8 Å². The first-order chi connectivity index (χ1) is 8.38. The Bertz CT molecular complexity index is 459. The van der Waals surface area contributed by atoms with E-state index in [-0.39, 0.29) is 28.6 Å². The molecule has 1 saturated heterocycles. The van der Waals surface area contributed by atoms with Gasteiger partial charge in [0.1, 0.15) is 17.0 Å². The largest absolute Gasteiger partial charge is 0.359 e. The molecule has 18 heavy (non-hydrogen) atoms. The fraction of sp³-hybridized carbons (Fsp3) is 0.455. The number of pyridine rings is 1. The minimum Gasteiger partial charge on any atom is -0.359 e. The lowest BCUT2D eigenvalue weighted by atomic mass is 10.1. The normalized spacial score (nSPS) is 17.9. The van der Waals surface area contributed by atoms with Gasteiger partial charge in [-0.05, 0) is 26.0 Å². The summed E-state index contributed by atoms with van der Waals surface area (Å²) in [6.45, 7) is 4.65. The van der Waals surface area contributed by atoms with E-state index in [2.05, 4.69) is 10.3 Å².